The fourth-order valence-corrected chi connectivity index (χ4v) is 3.15. The van der Waals surface area contributed by atoms with E-state index in [1.54, 1.807) is 0 Å². The van der Waals surface area contributed by atoms with Crippen LogP contribution in [-0.4, -0.2) is 15.3 Å². The van der Waals surface area contributed by atoms with Gasteiger partial charge >= 0.3 is 0 Å². The van der Waals surface area contributed by atoms with Crippen LogP contribution in [0.25, 0.3) is 0 Å². The largest absolute Gasteiger partial charge is 0.300 e. The van der Waals surface area contributed by atoms with E-state index in [0.29, 0.717) is 11.0 Å². The molecule has 2 saturated carbocycles. The van der Waals surface area contributed by atoms with Crippen molar-refractivity contribution < 1.29 is 4.79 Å². The number of anilines is 1. The summed E-state index contributed by atoms with van der Waals surface area (Å²) in [5, 5.41) is 3.51. The van der Waals surface area contributed by atoms with E-state index >= 15 is 0 Å². The Kier molecular flexibility index (Phi) is 2.02. The highest BCUT2D eigenvalue weighted by Crippen LogP contribution is 2.55. The van der Waals surface area contributed by atoms with E-state index in [9.17, 15) is 4.79 Å². The molecule has 80 valence electrons. The fourth-order valence-electron chi connectivity index (χ4n) is 2.57. The van der Waals surface area contributed by atoms with Gasteiger partial charge in [0.05, 0.1) is 0 Å². The molecule has 2 aliphatic rings. The Labute approximate surface area is 92.3 Å². The number of nitrogens with zero attached hydrogens (tertiary/aromatic N) is 2. The quantitative estimate of drug-likeness (QED) is 0.832. The number of nitrogens with one attached hydrogen (secondary N) is 1. The molecule has 0 aromatic carbocycles. The maximum Gasteiger partial charge on any atom is 0.229 e. The normalized spacial score (nSPS) is 32.5. The first-order valence-corrected chi connectivity index (χ1v) is 6.12. The van der Waals surface area contributed by atoms with Crippen molar-refractivity contribution in [2.75, 3.05) is 5.32 Å². The Bertz CT molecular complexity index is 403. The van der Waals surface area contributed by atoms with Crippen LogP contribution < -0.4 is 5.32 Å². The number of rotatable bonds is 2. The summed E-state index contributed by atoms with van der Waals surface area (Å²) in [4.78, 5) is 16.0. The zero-order valence-corrected chi connectivity index (χ0v) is 9.38. The Morgan fingerprint density at radius 3 is 2.93 bits per heavy atom. The van der Waals surface area contributed by atoms with Gasteiger partial charge in [-0.3, -0.25) is 4.79 Å². The molecule has 1 N–H and O–H groups in total. The molecule has 1 heterocycles. The molecular formula is C10H13N3OS. The number of fused-ring (bicyclic) bond motifs is 1. The van der Waals surface area contributed by atoms with Gasteiger partial charge in [0.1, 0.15) is 5.82 Å². The fraction of sp³-hybridized carbons (Fsp3) is 0.700. The number of carbonyl (C=O) groups excluding carboxylic acids is 1. The Morgan fingerprint density at radius 1 is 1.53 bits per heavy atom. The molecule has 1 aromatic rings. The SMILES string of the molecule is Cc1nsc(NC(=O)[C@@H]2CC[C@@H]3C[C@@H]32)n1. The van der Waals surface area contributed by atoms with Gasteiger partial charge in [-0.05, 0) is 38.0 Å². The molecular weight excluding hydrogens is 210 g/mol. The Morgan fingerprint density at radius 2 is 2.40 bits per heavy atom. The second-order valence-corrected chi connectivity index (χ2v) is 5.23. The molecule has 3 atom stereocenters. The van der Waals surface area contributed by atoms with Crippen molar-refractivity contribution in [1.82, 2.24) is 9.36 Å². The predicted molar refractivity (Wildman–Crippen MR) is 57.6 cm³/mol. The third-order valence-electron chi connectivity index (χ3n) is 3.44. The van der Waals surface area contributed by atoms with Gasteiger partial charge in [-0.25, -0.2) is 4.98 Å². The molecule has 0 unspecified atom stereocenters. The maximum atomic E-state index is 11.9. The summed E-state index contributed by atoms with van der Waals surface area (Å²) in [5.74, 6) is 2.62. The van der Waals surface area contributed by atoms with Gasteiger partial charge < -0.3 is 5.32 Å². The molecule has 1 amide bonds. The Balaban J connectivity index is 1.65. The molecule has 0 radical (unpaired) electrons. The smallest absolute Gasteiger partial charge is 0.229 e. The zero-order valence-electron chi connectivity index (χ0n) is 8.56. The highest BCUT2D eigenvalue weighted by Gasteiger charge is 2.50. The van der Waals surface area contributed by atoms with Crippen molar-refractivity contribution in [1.29, 1.82) is 0 Å². The second-order valence-electron chi connectivity index (χ2n) is 4.48. The third-order valence-corrected chi connectivity index (χ3v) is 4.16. The summed E-state index contributed by atoms with van der Waals surface area (Å²) in [6.07, 6.45) is 3.55. The molecule has 1 aromatic heterocycles. The van der Waals surface area contributed by atoms with Gasteiger partial charge in [0, 0.05) is 17.5 Å². The molecule has 0 spiro atoms. The highest BCUT2D eigenvalue weighted by atomic mass is 32.1. The van der Waals surface area contributed by atoms with Crippen molar-refractivity contribution in [3.8, 4) is 0 Å². The molecule has 0 saturated heterocycles. The van der Waals surface area contributed by atoms with Gasteiger partial charge in [0.2, 0.25) is 11.0 Å². The number of carbonyl (C=O) groups is 1. The molecule has 2 aliphatic carbocycles. The lowest BCUT2D eigenvalue weighted by Gasteiger charge is -2.09. The minimum absolute atomic E-state index is 0.149. The van der Waals surface area contributed by atoms with Crippen molar-refractivity contribution in [3.63, 3.8) is 0 Å². The number of amides is 1. The topological polar surface area (TPSA) is 54.9 Å². The van der Waals surface area contributed by atoms with Crippen molar-refractivity contribution in [2.24, 2.45) is 17.8 Å². The lowest BCUT2D eigenvalue weighted by molar-refractivity contribution is -0.120. The summed E-state index contributed by atoms with van der Waals surface area (Å²) in [7, 11) is 0. The minimum Gasteiger partial charge on any atom is -0.300 e. The lowest BCUT2D eigenvalue weighted by atomic mass is 10.0. The molecule has 15 heavy (non-hydrogen) atoms. The van der Waals surface area contributed by atoms with Crippen molar-refractivity contribution in [3.05, 3.63) is 5.82 Å². The first kappa shape index (κ1) is 9.27. The van der Waals surface area contributed by atoms with Gasteiger partial charge in [-0.1, -0.05) is 0 Å². The standard InChI is InChI=1S/C10H13N3OS/c1-5-11-10(15-13-5)12-9(14)7-3-2-6-4-8(6)7/h6-8H,2-4H2,1H3,(H,11,12,13,14)/t6-,7-,8+/m1/s1. The van der Waals surface area contributed by atoms with Crippen molar-refractivity contribution >= 4 is 22.6 Å². The maximum absolute atomic E-state index is 11.9. The Hall–Kier alpha value is -0.970. The average Bonchev–Trinajstić information content (AvgIpc) is 2.67. The van der Waals surface area contributed by atoms with Crippen LogP contribution >= 0.6 is 11.5 Å². The molecule has 3 rings (SSSR count). The number of hydrogen-bond acceptors (Lipinski definition) is 4. The van der Waals surface area contributed by atoms with Gasteiger partial charge in [0.15, 0.2) is 0 Å². The van der Waals surface area contributed by atoms with Crippen molar-refractivity contribution in [2.45, 2.75) is 26.2 Å². The minimum atomic E-state index is 0.149. The predicted octanol–water partition coefficient (Wildman–Crippen LogP) is 1.83. The monoisotopic (exact) mass is 223 g/mol. The van der Waals surface area contributed by atoms with E-state index in [-0.39, 0.29) is 11.8 Å². The highest BCUT2D eigenvalue weighted by molar-refractivity contribution is 7.09. The molecule has 5 heteroatoms. The van der Waals surface area contributed by atoms with Crippen LogP contribution in [0.4, 0.5) is 5.13 Å². The van der Waals surface area contributed by atoms with Crippen LogP contribution in [0.3, 0.4) is 0 Å². The number of aromatic nitrogens is 2. The van der Waals surface area contributed by atoms with Crippen LogP contribution in [0, 0.1) is 24.7 Å². The third kappa shape index (κ3) is 1.65. The first-order chi connectivity index (χ1) is 7.24. The summed E-state index contributed by atoms with van der Waals surface area (Å²) >= 11 is 1.26. The van der Waals surface area contributed by atoms with E-state index in [2.05, 4.69) is 14.7 Å². The number of aryl methyl sites for hydroxylation is 1. The zero-order chi connectivity index (χ0) is 10.4. The van der Waals surface area contributed by atoms with Gasteiger partial charge in [-0.15, -0.1) is 0 Å². The van der Waals surface area contributed by atoms with E-state index in [1.807, 2.05) is 6.92 Å². The van der Waals surface area contributed by atoms with Crippen LogP contribution in [0.5, 0.6) is 0 Å². The van der Waals surface area contributed by atoms with Crippen LogP contribution in [0.2, 0.25) is 0 Å². The van der Waals surface area contributed by atoms with Crippen LogP contribution in [0.1, 0.15) is 25.1 Å². The molecule has 2 fully saturated rings. The van der Waals surface area contributed by atoms with E-state index in [1.165, 1.54) is 24.4 Å². The lowest BCUT2D eigenvalue weighted by Crippen LogP contribution is -2.22. The summed E-state index contributed by atoms with van der Waals surface area (Å²) < 4.78 is 4.04. The summed E-state index contributed by atoms with van der Waals surface area (Å²) in [6, 6.07) is 0. The summed E-state index contributed by atoms with van der Waals surface area (Å²) in [6.45, 7) is 1.83. The average molecular weight is 223 g/mol. The first-order valence-electron chi connectivity index (χ1n) is 5.35. The van der Waals surface area contributed by atoms with Crippen LogP contribution in [0.15, 0.2) is 0 Å². The molecule has 0 bridgehead atoms. The second kappa shape index (κ2) is 3.27. The van der Waals surface area contributed by atoms with E-state index in [0.717, 1.165) is 18.2 Å². The van der Waals surface area contributed by atoms with Gasteiger partial charge in [-0.2, -0.15) is 4.37 Å². The summed E-state index contributed by atoms with van der Waals surface area (Å²) in [5.41, 5.74) is 0. The number of hydrogen-bond donors (Lipinski definition) is 1. The van der Waals surface area contributed by atoms with Gasteiger partial charge in [0.25, 0.3) is 0 Å². The molecule has 4 nitrogen and oxygen atoms in total. The van der Waals surface area contributed by atoms with Crippen LogP contribution in [-0.2, 0) is 4.79 Å². The molecule has 0 aliphatic heterocycles. The van der Waals surface area contributed by atoms with E-state index in [4.69, 9.17) is 0 Å². The van der Waals surface area contributed by atoms with E-state index < -0.39 is 0 Å².